The van der Waals surface area contributed by atoms with E-state index >= 15 is 0 Å². The van der Waals surface area contributed by atoms with Gasteiger partial charge in [-0.2, -0.15) is 0 Å². The number of rotatable bonds is 4. The molecule has 0 fully saturated rings. The summed E-state index contributed by atoms with van der Waals surface area (Å²) in [7, 11) is 1.63. The topological polar surface area (TPSA) is 47.6 Å². The van der Waals surface area contributed by atoms with Gasteiger partial charge < -0.3 is 14.8 Å². The van der Waals surface area contributed by atoms with Crippen molar-refractivity contribution in [3.63, 3.8) is 0 Å². The summed E-state index contributed by atoms with van der Waals surface area (Å²) in [4.78, 5) is 11.7. The van der Waals surface area contributed by atoms with Gasteiger partial charge in [-0.05, 0) is 43.0 Å². The molecule has 1 heterocycles. The van der Waals surface area contributed by atoms with Gasteiger partial charge in [0.25, 0.3) is 0 Å². The minimum Gasteiger partial charge on any atom is -0.497 e. The summed E-state index contributed by atoms with van der Waals surface area (Å²) in [6, 6.07) is 7.68. The number of benzene rings is 1. The molecule has 0 saturated heterocycles. The number of carbonyl (C=O) groups is 1. The number of hydrogen-bond donors (Lipinski definition) is 1. The SMILES string of the molecule is CCOC(=O)C1=CC(c2cccc(OC)c2)NC=C1. The minimum absolute atomic E-state index is 0.0560. The van der Waals surface area contributed by atoms with Crippen LogP contribution < -0.4 is 10.1 Å². The summed E-state index contributed by atoms with van der Waals surface area (Å²) < 4.78 is 10.2. The molecule has 1 N–H and O–H groups in total. The lowest BCUT2D eigenvalue weighted by Gasteiger charge is -2.19. The molecule has 1 aromatic carbocycles. The first-order valence-electron chi connectivity index (χ1n) is 6.20. The van der Waals surface area contributed by atoms with Crippen molar-refractivity contribution < 1.29 is 14.3 Å². The van der Waals surface area contributed by atoms with Crippen molar-refractivity contribution >= 4 is 5.97 Å². The molecule has 1 aromatic rings. The van der Waals surface area contributed by atoms with Gasteiger partial charge in [0.15, 0.2) is 0 Å². The van der Waals surface area contributed by atoms with Crippen molar-refractivity contribution in [2.24, 2.45) is 0 Å². The van der Waals surface area contributed by atoms with Crippen LogP contribution in [-0.4, -0.2) is 19.7 Å². The summed E-state index contributed by atoms with van der Waals surface area (Å²) >= 11 is 0. The highest BCUT2D eigenvalue weighted by atomic mass is 16.5. The second-order valence-electron chi connectivity index (χ2n) is 4.10. The highest BCUT2D eigenvalue weighted by molar-refractivity contribution is 5.92. The largest absolute Gasteiger partial charge is 0.497 e. The zero-order chi connectivity index (χ0) is 13.7. The third kappa shape index (κ3) is 3.16. The van der Waals surface area contributed by atoms with E-state index in [1.165, 1.54) is 0 Å². The fourth-order valence-corrected chi connectivity index (χ4v) is 1.90. The quantitative estimate of drug-likeness (QED) is 0.843. The first-order valence-corrected chi connectivity index (χ1v) is 6.20. The van der Waals surface area contributed by atoms with Gasteiger partial charge in [0, 0.05) is 0 Å². The van der Waals surface area contributed by atoms with E-state index < -0.39 is 0 Å². The number of esters is 1. The highest BCUT2D eigenvalue weighted by Gasteiger charge is 2.16. The first-order chi connectivity index (χ1) is 9.24. The van der Waals surface area contributed by atoms with Gasteiger partial charge in [0.1, 0.15) is 5.75 Å². The summed E-state index contributed by atoms with van der Waals surface area (Å²) in [6.07, 6.45) is 5.33. The average Bonchev–Trinajstić information content (AvgIpc) is 2.48. The van der Waals surface area contributed by atoms with Crippen LogP contribution in [0, 0.1) is 0 Å². The van der Waals surface area contributed by atoms with Gasteiger partial charge in [-0.15, -0.1) is 0 Å². The molecule has 2 rings (SSSR count). The number of dihydropyridines is 1. The maximum atomic E-state index is 11.7. The molecule has 4 nitrogen and oxygen atoms in total. The third-order valence-corrected chi connectivity index (χ3v) is 2.85. The Labute approximate surface area is 112 Å². The van der Waals surface area contributed by atoms with E-state index in [2.05, 4.69) is 5.32 Å². The zero-order valence-corrected chi connectivity index (χ0v) is 11.1. The van der Waals surface area contributed by atoms with Crippen molar-refractivity contribution in [1.29, 1.82) is 0 Å². The molecule has 4 heteroatoms. The van der Waals surface area contributed by atoms with E-state index in [4.69, 9.17) is 9.47 Å². The molecular weight excluding hydrogens is 242 g/mol. The Morgan fingerprint density at radius 2 is 2.26 bits per heavy atom. The van der Waals surface area contributed by atoms with Crippen LogP contribution in [0.1, 0.15) is 18.5 Å². The Bertz CT molecular complexity index is 520. The molecule has 1 atom stereocenters. The van der Waals surface area contributed by atoms with Crippen molar-refractivity contribution in [3.8, 4) is 5.75 Å². The van der Waals surface area contributed by atoms with E-state index in [-0.39, 0.29) is 12.0 Å². The van der Waals surface area contributed by atoms with E-state index in [0.29, 0.717) is 12.2 Å². The second kappa shape index (κ2) is 6.09. The fourth-order valence-electron chi connectivity index (χ4n) is 1.90. The molecule has 1 aliphatic rings. The zero-order valence-electron chi connectivity index (χ0n) is 11.1. The molecule has 19 heavy (non-hydrogen) atoms. The molecule has 1 unspecified atom stereocenters. The highest BCUT2D eigenvalue weighted by Crippen LogP contribution is 2.23. The van der Waals surface area contributed by atoms with Gasteiger partial charge in [-0.25, -0.2) is 4.79 Å². The van der Waals surface area contributed by atoms with Gasteiger partial charge in [-0.3, -0.25) is 0 Å². The Morgan fingerprint density at radius 1 is 1.42 bits per heavy atom. The predicted molar refractivity (Wildman–Crippen MR) is 72.7 cm³/mol. The lowest BCUT2D eigenvalue weighted by molar-refractivity contribution is -0.138. The Hall–Kier alpha value is -2.23. The van der Waals surface area contributed by atoms with Crippen LogP contribution in [0.2, 0.25) is 0 Å². The molecule has 0 radical (unpaired) electrons. The van der Waals surface area contributed by atoms with Crippen LogP contribution >= 0.6 is 0 Å². The number of carbonyl (C=O) groups excluding carboxylic acids is 1. The molecule has 0 saturated carbocycles. The fraction of sp³-hybridized carbons (Fsp3) is 0.267. The van der Waals surface area contributed by atoms with Crippen molar-refractivity contribution in [3.05, 3.63) is 53.8 Å². The van der Waals surface area contributed by atoms with Gasteiger partial charge in [0.05, 0.1) is 25.3 Å². The number of hydrogen-bond acceptors (Lipinski definition) is 4. The lowest BCUT2D eigenvalue weighted by Crippen LogP contribution is -2.19. The van der Waals surface area contributed by atoms with Crippen molar-refractivity contribution in [2.75, 3.05) is 13.7 Å². The number of methoxy groups -OCH3 is 1. The molecular formula is C15H17NO3. The average molecular weight is 259 g/mol. The molecule has 1 aliphatic heterocycles. The van der Waals surface area contributed by atoms with Crippen molar-refractivity contribution in [2.45, 2.75) is 13.0 Å². The minimum atomic E-state index is -0.298. The maximum Gasteiger partial charge on any atom is 0.337 e. The van der Waals surface area contributed by atoms with Crippen LogP contribution in [0.3, 0.4) is 0 Å². The third-order valence-electron chi connectivity index (χ3n) is 2.85. The van der Waals surface area contributed by atoms with Crippen LogP contribution in [0.15, 0.2) is 48.2 Å². The van der Waals surface area contributed by atoms with Gasteiger partial charge >= 0.3 is 5.97 Å². The van der Waals surface area contributed by atoms with Crippen molar-refractivity contribution in [1.82, 2.24) is 5.32 Å². The van der Waals surface area contributed by atoms with Crippen LogP contribution in [0.5, 0.6) is 5.75 Å². The van der Waals surface area contributed by atoms with Gasteiger partial charge in [0.2, 0.25) is 0 Å². The van der Waals surface area contributed by atoms with E-state index in [1.807, 2.05) is 30.3 Å². The van der Waals surface area contributed by atoms with Crippen LogP contribution in [0.4, 0.5) is 0 Å². The standard InChI is InChI=1S/C15H17NO3/c1-3-19-15(17)12-7-8-16-14(10-12)11-5-4-6-13(9-11)18-2/h4-10,14,16H,3H2,1-2H3. The normalized spacial score (nSPS) is 17.4. The molecule has 100 valence electrons. The molecule has 0 aliphatic carbocycles. The summed E-state index contributed by atoms with van der Waals surface area (Å²) in [5, 5.41) is 3.19. The smallest absolute Gasteiger partial charge is 0.337 e. The number of ether oxygens (including phenoxy) is 2. The second-order valence-corrected chi connectivity index (χ2v) is 4.10. The van der Waals surface area contributed by atoms with Gasteiger partial charge in [-0.1, -0.05) is 12.1 Å². The molecule has 0 aromatic heterocycles. The predicted octanol–water partition coefficient (Wildman–Crippen LogP) is 2.34. The Balaban J connectivity index is 2.21. The summed E-state index contributed by atoms with van der Waals surface area (Å²) in [5.74, 6) is 0.494. The molecule has 0 amide bonds. The van der Waals surface area contributed by atoms with Crippen LogP contribution in [0.25, 0.3) is 0 Å². The van der Waals surface area contributed by atoms with E-state index in [0.717, 1.165) is 11.3 Å². The summed E-state index contributed by atoms with van der Waals surface area (Å²) in [5.41, 5.74) is 1.60. The Morgan fingerprint density at radius 3 is 3.00 bits per heavy atom. The van der Waals surface area contributed by atoms with E-state index in [9.17, 15) is 4.79 Å². The maximum absolute atomic E-state index is 11.7. The number of nitrogens with one attached hydrogen (secondary N) is 1. The van der Waals surface area contributed by atoms with Crippen LogP contribution in [-0.2, 0) is 9.53 Å². The summed E-state index contributed by atoms with van der Waals surface area (Å²) in [6.45, 7) is 2.17. The molecule has 0 bridgehead atoms. The lowest BCUT2D eigenvalue weighted by atomic mass is 10.0. The first kappa shape index (κ1) is 13.2. The molecule has 0 spiro atoms. The Kier molecular flexibility index (Phi) is 4.23. The van der Waals surface area contributed by atoms with E-state index in [1.54, 1.807) is 26.3 Å². The monoisotopic (exact) mass is 259 g/mol.